The summed E-state index contributed by atoms with van der Waals surface area (Å²) in [6.45, 7) is 3.86. The minimum atomic E-state index is -4.57. The zero-order valence-corrected chi connectivity index (χ0v) is 18.5. The van der Waals surface area contributed by atoms with E-state index in [4.69, 9.17) is 16.3 Å². The molecule has 0 fully saturated rings. The van der Waals surface area contributed by atoms with E-state index in [1.54, 1.807) is 19.9 Å². The molecule has 1 atom stereocenters. The highest BCUT2D eigenvalue weighted by Crippen LogP contribution is 2.36. The first-order valence-corrected chi connectivity index (χ1v) is 10.2. The molecular formula is C20H22ClF3N6O2. The van der Waals surface area contributed by atoms with Gasteiger partial charge >= 0.3 is 12.2 Å². The van der Waals surface area contributed by atoms with Gasteiger partial charge in [-0.25, -0.2) is 0 Å². The van der Waals surface area contributed by atoms with Crippen LogP contribution in [0.25, 0.3) is 0 Å². The molecule has 0 amide bonds. The van der Waals surface area contributed by atoms with Gasteiger partial charge in [0.2, 0.25) is 0 Å². The summed E-state index contributed by atoms with van der Waals surface area (Å²) < 4.78 is 46.2. The lowest BCUT2D eigenvalue weighted by Gasteiger charge is -2.23. The number of ketones is 1. The number of carbonyl (C=O) groups is 1. The van der Waals surface area contributed by atoms with Gasteiger partial charge < -0.3 is 4.74 Å². The number of carbonyl (C=O) groups excluding carboxylic acids is 1. The molecule has 0 bridgehead atoms. The Morgan fingerprint density at radius 1 is 1.34 bits per heavy atom. The highest BCUT2D eigenvalue weighted by molar-refractivity contribution is 6.29. The van der Waals surface area contributed by atoms with Gasteiger partial charge in [-0.2, -0.15) is 33.3 Å². The third-order valence-corrected chi connectivity index (χ3v) is 4.86. The third-order valence-electron chi connectivity index (χ3n) is 4.66. The van der Waals surface area contributed by atoms with Gasteiger partial charge in [-0.15, -0.1) is 0 Å². The molecule has 2 aromatic rings. The molecule has 1 aliphatic heterocycles. The SMILES string of the molecule is CCOc1nc(Cl)cc(CC(=O)CCC2=NNC(c3cn(C)nc3C(F)(F)F)C(C)=C2)n1. The molecule has 2 aromatic heterocycles. The fourth-order valence-corrected chi connectivity index (χ4v) is 3.49. The predicted molar refractivity (Wildman–Crippen MR) is 111 cm³/mol. The second-order valence-electron chi connectivity index (χ2n) is 7.27. The van der Waals surface area contributed by atoms with Crippen molar-refractivity contribution in [1.82, 2.24) is 25.2 Å². The average Bonchev–Trinajstić information content (AvgIpc) is 3.08. The van der Waals surface area contributed by atoms with E-state index in [1.807, 2.05) is 0 Å². The maximum Gasteiger partial charge on any atom is 0.435 e. The maximum absolute atomic E-state index is 13.3. The number of rotatable bonds is 8. The number of ether oxygens (including phenoxy) is 1. The van der Waals surface area contributed by atoms with Crippen LogP contribution < -0.4 is 10.2 Å². The summed E-state index contributed by atoms with van der Waals surface area (Å²) in [6.07, 6.45) is -0.991. The van der Waals surface area contributed by atoms with Gasteiger partial charge in [0.15, 0.2) is 5.69 Å². The van der Waals surface area contributed by atoms with Crippen molar-refractivity contribution in [1.29, 1.82) is 0 Å². The van der Waals surface area contributed by atoms with E-state index in [2.05, 4.69) is 25.6 Å². The van der Waals surface area contributed by atoms with Crippen molar-refractivity contribution in [2.24, 2.45) is 12.1 Å². The van der Waals surface area contributed by atoms with Crippen LogP contribution in [0.4, 0.5) is 13.2 Å². The van der Waals surface area contributed by atoms with Crippen LogP contribution in [-0.4, -0.2) is 37.9 Å². The molecule has 12 heteroatoms. The fourth-order valence-electron chi connectivity index (χ4n) is 3.29. The number of aromatic nitrogens is 4. The quantitative estimate of drug-likeness (QED) is 0.589. The average molecular weight is 471 g/mol. The second kappa shape index (κ2) is 9.68. The lowest BCUT2D eigenvalue weighted by Crippen LogP contribution is -2.25. The van der Waals surface area contributed by atoms with Crippen LogP contribution >= 0.6 is 11.6 Å². The number of hydrazone groups is 1. The zero-order valence-electron chi connectivity index (χ0n) is 17.7. The van der Waals surface area contributed by atoms with Crippen LogP contribution in [0.3, 0.4) is 0 Å². The van der Waals surface area contributed by atoms with Crippen molar-refractivity contribution in [2.75, 3.05) is 6.61 Å². The van der Waals surface area contributed by atoms with Crippen LogP contribution in [0.1, 0.15) is 49.7 Å². The van der Waals surface area contributed by atoms with E-state index < -0.39 is 17.9 Å². The van der Waals surface area contributed by atoms with E-state index in [1.165, 1.54) is 19.3 Å². The normalized spacial score (nSPS) is 16.3. The zero-order chi connectivity index (χ0) is 23.5. The predicted octanol–water partition coefficient (Wildman–Crippen LogP) is 3.82. The largest absolute Gasteiger partial charge is 0.464 e. The highest BCUT2D eigenvalue weighted by atomic mass is 35.5. The van der Waals surface area contributed by atoms with Crippen molar-refractivity contribution >= 4 is 23.1 Å². The Morgan fingerprint density at radius 2 is 2.09 bits per heavy atom. The lowest BCUT2D eigenvalue weighted by atomic mass is 9.97. The summed E-state index contributed by atoms with van der Waals surface area (Å²) in [5, 5.41) is 7.89. The summed E-state index contributed by atoms with van der Waals surface area (Å²) in [4.78, 5) is 20.5. The Morgan fingerprint density at radius 3 is 2.75 bits per heavy atom. The Hall–Kier alpha value is -2.95. The smallest absolute Gasteiger partial charge is 0.435 e. The molecule has 3 rings (SSSR count). The first-order chi connectivity index (χ1) is 15.1. The van der Waals surface area contributed by atoms with Gasteiger partial charge in [0.05, 0.1) is 24.1 Å². The van der Waals surface area contributed by atoms with Crippen molar-refractivity contribution < 1.29 is 22.7 Å². The number of aryl methyl sites for hydroxylation is 1. The second-order valence-corrected chi connectivity index (χ2v) is 7.66. The van der Waals surface area contributed by atoms with E-state index in [-0.39, 0.29) is 35.4 Å². The molecule has 3 heterocycles. The standard InChI is InChI=1S/C20H22ClF3N6O2/c1-4-32-19-25-13(9-16(21)26-19)8-14(31)6-5-12-7-11(2)17(28-27-12)15-10-30(3)29-18(15)20(22,23)24/h7,9-10,17,28H,4-6,8H2,1-3H3. The number of halogens is 4. The monoisotopic (exact) mass is 470 g/mol. The molecule has 172 valence electrons. The number of Topliss-reactive ketones (excluding diaryl/α,β-unsaturated/α-hetero) is 1. The van der Waals surface area contributed by atoms with Crippen LogP contribution in [0.15, 0.2) is 29.0 Å². The minimum absolute atomic E-state index is 0.00151. The highest BCUT2D eigenvalue weighted by Gasteiger charge is 2.39. The molecule has 1 aliphatic rings. The molecule has 0 radical (unpaired) electrons. The number of allylic oxidation sites excluding steroid dienone is 1. The molecular weight excluding hydrogens is 449 g/mol. The van der Waals surface area contributed by atoms with Gasteiger partial charge in [0, 0.05) is 31.6 Å². The number of nitrogens with one attached hydrogen (secondary N) is 1. The van der Waals surface area contributed by atoms with Crippen LogP contribution in [-0.2, 0) is 24.4 Å². The maximum atomic E-state index is 13.3. The number of hydrogen-bond donors (Lipinski definition) is 1. The number of hydrogen-bond acceptors (Lipinski definition) is 7. The first-order valence-electron chi connectivity index (χ1n) is 9.85. The molecule has 1 N–H and O–H groups in total. The summed E-state index contributed by atoms with van der Waals surface area (Å²) in [7, 11) is 1.43. The third kappa shape index (κ3) is 5.84. The van der Waals surface area contributed by atoms with Crippen molar-refractivity contribution in [2.45, 2.75) is 45.3 Å². The number of nitrogens with zero attached hydrogens (tertiary/aromatic N) is 5. The topological polar surface area (TPSA) is 94.3 Å². The van der Waals surface area contributed by atoms with E-state index in [0.717, 1.165) is 4.68 Å². The van der Waals surface area contributed by atoms with Crippen LogP contribution in [0, 0.1) is 0 Å². The van der Waals surface area contributed by atoms with Gasteiger partial charge in [0.25, 0.3) is 0 Å². The summed E-state index contributed by atoms with van der Waals surface area (Å²) in [5.74, 6) is -0.0929. The summed E-state index contributed by atoms with van der Waals surface area (Å²) in [6, 6.07) is 0.865. The Kier molecular flexibility index (Phi) is 7.17. The molecule has 0 aliphatic carbocycles. The molecule has 8 nitrogen and oxygen atoms in total. The Labute approximate surface area is 187 Å². The van der Waals surface area contributed by atoms with Gasteiger partial charge in [0.1, 0.15) is 10.9 Å². The fraction of sp³-hybridized carbons (Fsp3) is 0.450. The van der Waals surface area contributed by atoms with Gasteiger partial charge in [-0.05, 0) is 38.0 Å². The molecule has 0 spiro atoms. The van der Waals surface area contributed by atoms with Crippen molar-refractivity contribution in [3.63, 3.8) is 0 Å². The summed E-state index contributed by atoms with van der Waals surface area (Å²) >= 11 is 5.94. The van der Waals surface area contributed by atoms with E-state index in [9.17, 15) is 18.0 Å². The molecule has 0 saturated carbocycles. The Balaban J connectivity index is 1.62. The van der Waals surface area contributed by atoms with Gasteiger partial charge in [-0.1, -0.05) is 11.6 Å². The lowest BCUT2D eigenvalue weighted by molar-refractivity contribution is -0.142. The van der Waals surface area contributed by atoms with Gasteiger partial charge in [-0.3, -0.25) is 14.9 Å². The summed E-state index contributed by atoms with van der Waals surface area (Å²) in [5.41, 5.74) is 3.47. The first kappa shape index (κ1) is 23.7. The van der Waals surface area contributed by atoms with E-state index in [0.29, 0.717) is 30.0 Å². The molecule has 0 saturated heterocycles. The van der Waals surface area contributed by atoms with Crippen molar-refractivity contribution in [3.8, 4) is 6.01 Å². The van der Waals surface area contributed by atoms with E-state index >= 15 is 0 Å². The van der Waals surface area contributed by atoms with Crippen LogP contribution in [0.2, 0.25) is 5.15 Å². The molecule has 0 aromatic carbocycles. The van der Waals surface area contributed by atoms with Crippen molar-refractivity contribution in [3.05, 3.63) is 46.0 Å². The number of alkyl halides is 3. The minimum Gasteiger partial charge on any atom is -0.464 e. The molecule has 32 heavy (non-hydrogen) atoms. The van der Waals surface area contributed by atoms with Crippen LogP contribution in [0.5, 0.6) is 6.01 Å². The Bertz CT molecular complexity index is 1060. The molecule has 1 unspecified atom stereocenters.